The van der Waals surface area contributed by atoms with Gasteiger partial charge in [0.15, 0.2) is 4.77 Å². The Labute approximate surface area is 146 Å². The molecule has 1 atom stereocenters. The zero-order valence-electron chi connectivity index (χ0n) is 14.0. The van der Waals surface area contributed by atoms with Gasteiger partial charge in [0.05, 0.1) is 16.5 Å². The standard InChI is InChI=1S/C16H17F3N2O3S/c1-15(2,3)13(16(17,18)19)24-12(23)8-5-6-9-10(7-8)20-14(25)21(4)11(9)22/h5-7,13H,1-4H3,(H,20,25). The topological polar surface area (TPSA) is 64.1 Å². The average molecular weight is 374 g/mol. The molecule has 0 aliphatic carbocycles. The number of halogens is 3. The van der Waals surface area contributed by atoms with E-state index in [1.165, 1.54) is 50.6 Å². The third-order valence-electron chi connectivity index (χ3n) is 3.65. The molecule has 5 nitrogen and oxygen atoms in total. The van der Waals surface area contributed by atoms with E-state index in [2.05, 4.69) is 4.98 Å². The van der Waals surface area contributed by atoms with Crippen LogP contribution in [0, 0.1) is 10.2 Å². The van der Waals surface area contributed by atoms with Crippen molar-refractivity contribution in [2.45, 2.75) is 33.1 Å². The van der Waals surface area contributed by atoms with Gasteiger partial charge in [-0.3, -0.25) is 9.36 Å². The Balaban J connectivity index is 2.45. The third-order valence-corrected chi connectivity index (χ3v) is 4.02. The summed E-state index contributed by atoms with van der Waals surface area (Å²) < 4.78 is 45.5. The molecule has 1 aromatic carbocycles. The second-order valence-electron chi connectivity index (χ2n) is 6.75. The fraction of sp³-hybridized carbons (Fsp3) is 0.438. The van der Waals surface area contributed by atoms with Gasteiger partial charge < -0.3 is 9.72 Å². The van der Waals surface area contributed by atoms with E-state index in [0.29, 0.717) is 0 Å². The molecule has 1 unspecified atom stereocenters. The van der Waals surface area contributed by atoms with Crippen molar-refractivity contribution in [2.75, 3.05) is 0 Å². The number of benzene rings is 1. The number of rotatable bonds is 2. The van der Waals surface area contributed by atoms with Crippen LogP contribution < -0.4 is 5.56 Å². The number of alkyl halides is 3. The molecule has 1 N–H and O–H groups in total. The van der Waals surface area contributed by atoms with Gasteiger partial charge in [0.2, 0.25) is 6.10 Å². The number of hydrogen-bond acceptors (Lipinski definition) is 4. The number of aromatic nitrogens is 2. The van der Waals surface area contributed by atoms with Crippen LogP contribution in [0.4, 0.5) is 13.2 Å². The molecule has 0 saturated carbocycles. The lowest BCUT2D eigenvalue weighted by molar-refractivity contribution is -0.231. The number of carbonyl (C=O) groups excluding carboxylic acids is 1. The van der Waals surface area contributed by atoms with E-state index in [1.54, 1.807) is 0 Å². The molecule has 0 saturated heterocycles. The predicted octanol–water partition coefficient (Wildman–Crippen LogP) is 3.73. The molecule has 0 spiro atoms. The minimum Gasteiger partial charge on any atom is -0.449 e. The maximum absolute atomic E-state index is 13.2. The van der Waals surface area contributed by atoms with Gasteiger partial charge in [-0.1, -0.05) is 20.8 Å². The predicted molar refractivity (Wildman–Crippen MR) is 89.1 cm³/mol. The molecule has 0 aliphatic rings. The number of ether oxygens (including phenoxy) is 1. The van der Waals surface area contributed by atoms with Crippen molar-refractivity contribution in [2.24, 2.45) is 12.5 Å². The lowest BCUT2D eigenvalue weighted by atomic mass is 9.88. The molecule has 25 heavy (non-hydrogen) atoms. The molecule has 0 fully saturated rings. The van der Waals surface area contributed by atoms with E-state index in [4.69, 9.17) is 17.0 Å². The number of nitrogens with zero attached hydrogens (tertiary/aromatic N) is 1. The lowest BCUT2D eigenvalue weighted by Gasteiger charge is -2.31. The van der Waals surface area contributed by atoms with Crippen molar-refractivity contribution < 1.29 is 22.7 Å². The normalized spacial score (nSPS) is 13.7. The fourth-order valence-electron chi connectivity index (χ4n) is 2.34. The fourth-order valence-corrected chi connectivity index (χ4v) is 2.54. The van der Waals surface area contributed by atoms with Crippen LogP contribution in [0.2, 0.25) is 0 Å². The number of fused-ring (bicyclic) bond motifs is 1. The van der Waals surface area contributed by atoms with Crippen molar-refractivity contribution in [1.82, 2.24) is 9.55 Å². The summed E-state index contributed by atoms with van der Waals surface area (Å²) >= 11 is 4.99. The van der Waals surface area contributed by atoms with Crippen LogP contribution in [0.3, 0.4) is 0 Å². The van der Waals surface area contributed by atoms with Crippen molar-refractivity contribution in [3.8, 4) is 0 Å². The monoisotopic (exact) mass is 374 g/mol. The summed E-state index contributed by atoms with van der Waals surface area (Å²) in [5, 5.41) is 0.260. The van der Waals surface area contributed by atoms with Crippen LogP contribution in [-0.2, 0) is 11.8 Å². The average Bonchev–Trinajstić information content (AvgIpc) is 2.47. The molecule has 1 aromatic heterocycles. The molecule has 1 heterocycles. The maximum Gasteiger partial charge on any atom is 0.426 e. The van der Waals surface area contributed by atoms with Crippen LogP contribution in [0.15, 0.2) is 23.0 Å². The molecule has 136 valence electrons. The maximum atomic E-state index is 13.2. The SMILES string of the molecule is Cn1c(=S)[nH]c2cc(C(=O)OC(C(C)(C)C)C(F)(F)F)ccc2c1=O. The van der Waals surface area contributed by atoms with Gasteiger partial charge in [-0.2, -0.15) is 13.2 Å². The lowest BCUT2D eigenvalue weighted by Crippen LogP contribution is -2.43. The number of carbonyl (C=O) groups is 1. The van der Waals surface area contributed by atoms with Crippen molar-refractivity contribution >= 4 is 29.1 Å². The Morgan fingerprint density at radius 3 is 2.40 bits per heavy atom. The minimum atomic E-state index is -4.69. The highest BCUT2D eigenvalue weighted by atomic mass is 32.1. The van der Waals surface area contributed by atoms with Crippen LogP contribution in [0.25, 0.3) is 10.9 Å². The highest BCUT2D eigenvalue weighted by Crippen LogP contribution is 2.36. The van der Waals surface area contributed by atoms with Gasteiger partial charge in [0.25, 0.3) is 5.56 Å². The Morgan fingerprint density at radius 2 is 1.88 bits per heavy atom. The van der Waals surface area contributed by atoms with Gasteiger partial charge >= 0.3 is 12.1 Å². The first-order valence-electron chi connectivity index (χ1n) is 7.33. The van der Waals surface area contributed by atoms with Gasteiger partial charge in [-0.05, 0) is 30.4 Å². The summed E-state index contributed by atoms with van der Waals surface area (Å²) in [6, 6.07) is 3.85. The van der Waals surface area contributed by atoms with E-state index >= 15 is 0 Å². The number of aromatic amines is 1. The molecule has 2 aromatic rings. The van der Waals surface area contributed by atoms with E-state index in [0.717, 1.165) is 0 Å². The van der Waals surface area contributed by atoms with E-state index in [9.17, 15) is 22.8 Å². The van der Waals surface area contributed by atoms with Gasteiger partial charge in [0, 0.05) is 12.5 Å². The Bertz CT molecular complexity index is 925. The molecule has 0 aliphatic heterocycles. The number of esters is 1. The van der Waals surface area contributed by atoms with Gasteiger partial charge in [0.1, 0.15) is 0 Å². The molecule has 9 heteroatoms. The smallest absolute Gasteiger partial charge is 0.426 e. The third kappa shape index (κ3) is 3.92. The highest BCUT2D eigenvalue weighted by molar-refractivity contribution is 7.71. The summed E-state index contributed by atoms with van der Waals surface area (Å²) in [6.07, 6.45) is -6.95. The van der Waals surface area contributed by atoms with Gasteiger partial charge in [-0.15, -0.1) is 0 Å². The molecular weight excluding hydrogens is 357 g/mol. The van der Waals surface area contributed by atoms with Crippen molar-refractivity contribution in [1.29, 1.82) is 0 Å². The zero-order valence-corrected chi connectivity index (χ0v) is 14.8. The summed E-state index contributed by atoms with van der Waals surface area (Å²) in [5.74, 6) is -1.13. The first-order chi connectivity index (χ1) is 11.3. The molecule has 0 bridgehead atoms. The first-order valence-corrected chi connectivity index (χ1v) is 7.74. The number of H-pyrrole nitrogens is 1. The summed E-state index contributed by atoms with van der Waals surface area (Å²) in [6.45, 7) is 4.00. The zero-order chi connectivity index (χ0) is 19.2. The molecular formula is C16H17F3N2O3S. The summed E-state index contributed by atoms with van der Waals surface area (Å²) in [4.78, 5) is 27.0. The van der Waals surface area contributed by atoms with Crippen LogP contribution >= 0.6 is 12.2 Å². The van der Waals surface area contributed by atoms with Crippen LogP contribution in [0.1, 0.15) is 31.1 Å². The molecule has 2 rings (SSSR count). The highest BCUT2D eigenvalue weighted by Gasteiger charge is 2.50. The summed E-state index contributed by atoms with van der Waals surface area (Å²) in [7, 11) is 1.49. The minimum absolute atomic E-state index is 0.107. The second-order valence-corrected chi connectivity index (χ2v) is 7.13. The van der Waals surface area contributed by atoms with E-state index < -0.39 is 23.7 Å². The van der Waals surface area contributed by atoms with Crippen molar-refractivity contribution in [3.63, 3.8) is 0 Å². The van der Waals surface area contributed by atoms with E-state index in [-0.39, 0.29) is 26.8 Å². The van der Waals surface area contributed by atoms with Crippen LogP contribution in [-0.4, -0.2) is 27.8 Å². The first kappa shape index (κ1) is 19.2. The Kier molecular flexibility index (Phi) is 4.82. The number of nitrogens with one attached hydrogen (secondary N) is 1. The number of hydrogen-bond donors (Lipinski definition) is 1. The largest absolute Gasteiger partial charge is 0.449 e. The van der Waals surface area contributed by atoms with E-state index in [1.807, 2.05) is 0 Å². The second kappa shape index (κ2) is 6.29. The quantitative estimate of drug-likeness (QED) is 0.643. The Morgan fingerprint density at radius 1 is 1.28 bits per heavy atom. The van der Waals surface area contributed by atoms with Gasteiger partial charge in [-0.25, -0.2) is 4.79 Å². The molecule has 0 amide bonds. The van der Waals surface area contributed by atoms with Crippen LogP contribution in [0.5, 0.6) is 0 Å². The van der Waals surface area contributed by atoms with Crippen molar-refractivity contribution in [3.05, 3.63) is 38.9 Å². The molecule has 0 radical (unpaired) electrons. The Hall–Kier alpha value is -2.16. The summed E-state index contributed by atoms with van der Waals surface area (Å²) in [5.41, 5.74) is -1.55.